The second-order valence-electron chi connectivity index (χ2n) is 6.72. The highest BCUT2D eigenvalue weighted by Gasteiger charge is 2.20. The molecule has 0 bridgehead atoms. The van der Waals surface area contributed by atoms with Gasteiger partial charge >= 0.3 is 5.97 Å². The van der Waals surface area contributed by atoms with Gasteiger partial charge in [-0.05, 0) is 40.1 Å². The van der Waals surface area contributed by atoms with E-state index in [4.69, 9.17) is 9.47 Å². The predicted octanol–water partition coefficient (Wildman–Crippen LogP) is 3.08. The standard InChI is InChI=1S/C23H23NO5/c1-24(14-16-8-9-19-13-20(28-2)11-10-18(19)12-16)21(25)15-29-23(27)22(26)17-6-4-3-5-7-17/h3-13,22,26H,14-15H2,1-2H3/t22-/m1/s1. The highest BCUT2D eigenvalue weighted by atomic mass is 16.5. The van der Waals surface area contributed by atoms with E-state index in [0.29, 0.717) is 12.1 Å². The van der Waals surface area contributed by atoms with Crippen LogP contribution < -0.4 is 4.74 Å². The molecule has 6 heteroatoms. The van der Waals surface area contributed by atoms with Crippen molar-refractivity contribution in [1.82, 2.24) is 4.90 Å². The number of aliphatic hydroxyl groups is 1. The molecular weight excluding hydrogens is 370 g/mol. The molecule has 3 aromatic carbocycles. The minimum Gasteiger partial charge on any atom is -0.497 e. The van der Waals surface area contributed by atoms with Crippen molar-refractivity contribution >= 4 is 22.6 Å². The second-order valence-corrected chi connectivity index (χ2v) is 6.72. The zero-order valence-corrected chi connectivity index (χ0v) is 16.4. The Kier molecular flexibility index (Phi) is 6.46. The summed E-state index contributed by atoms with van der Waals surface area (Å²) in [7, 11) is 3.27. The zero-order valence-electron chi connectivity index (χ0n) is 16.4. The molecule has 0 spiro atoms. The van der Waals surface area contributed by atoms with E-state index >= 15 is 0 Å². The third kappa shape index (κ3) is 5.12. The molecule has 3 rings (SSSR count). The fraction of sp³-hybridized carbons (Fsp3) is 0.217. The van der Waals surface area contributed by atoms with E-state index in [-0.39, 0.29) is 5.91 Å². The van der Waals surface area contributed by atoms with Crippen molar-refractivity contribution in [1.29, 1.82) is 0 Å². The molecule has 150 valence electrons. The maximum absolute atomic E-state index is 12.3. The molecule has 0 aliphatic carbocycles. The van der Waals surface area contributed by atoms with Crippen LogP contribution in [0, 0.1) is 0 Å². The van der Waals surface area contributed by atoms with Gasteiger partial charge in [-0.15, -0.1) is 0 Å². The van der Waals surface area contributed by atoms with Crippen LogP contribution >= 0.6 is 0 Å². The summed E-state index contributed by atoms with van der Waals surface area (Å²) in [5.74, 6) is -0.414. The van der Waals surface area contributed by atoms with Crippen LogP contribution in [0.25, 0.3) is 10.8 Å². The lowest BCUT2D eigenvalue weighted by Gasteiger charge is -2.18. The Morgan fingerprint density at radius 1 is 1.00 bits per heavy atom. The van der Waals surface area contributed by atoms with E-state index in [1.165, 1.54) is 4.90 Å². The number of hydrogen-bond donors (Lipinski definition) is 1. The first-order chi connectivity index (χ1) is 14.0. The summed E-state index contributed by atoms with van der Waals surface area (Å²) in [4.78, 5) is 25.8. The normalized spacial score (nSPS) is 11.7. The number of carbonyl (C=O) groups is 2. The van der Waals surface area contributed by atoms with Gasteiger partial charge in [0.05, 0.1) is 7.11 Å². The van der Waals surface area contributed by atoms with Crippen molar-refractivity contribution in [3.8, 4) is 5.75 Å². The summed E-state index contributed by atoms with van der Waals surface area (Å²) in [6, 6.07) is 20.2. The number of ether oxygens (including phenoxy) is 2. The number of methoxy groups -OCH3 is 1. The quantitative estimate of drug-likeness (QED) is 0.625. The van der Waals surface area contributed by atoms with Crippen LogP contribution in [0.2, 0.25) is 0 Å². The molecule has 1 atom stereocenters. The molecule has 0 radical (unpaired) electrons. The van der Waals surface area contributed by atoms with Gasteiger partial charge in [0.2, 0.25) is 0 Å². The molecule has 1 amide bonds. The van der Waals surface area contributed by atoms with E-state index in [2.05, 4.69) is 0 Å². The van der Waals surface area contributed by atoms with Crippen molar-refractivity contribution < 1.29 is 24.2 Å². The molecule has 0 saturated heterocycles. The van der Waals surface area contributed by atoms with Gasteiger partial charge in [0.1, 0.15) is 5.75 Å². The lowest BCUT2D eigenvalue weighted by molar-refractivity contribution is -0.159. The Balaban J connectivity index is 1.56. The molecule has 0 heterocycles. The molecule has 3 aromatic rings. The van der Waals surface area contributed by atoms with E-state index in [9.17, 15) is 14.7 Å². The Hall–Kier alpha value is -3.38. The fourth-order valence-electron chi connectivity index (χ4n) is 2.95. The highest BCUT2D eigenvalue weighted by molar-refractivity contribution is 5.85. The van der Waals surface area contributed by atoms with Gasteiger partial charge in [-0.3, -0.25) is 4.79 Å². The number of rotatable bonds is 7. The van der Waals surface area contributed by atoms with Crippen LogP contribution in [0.15, 0.2) is 66.7 Å². The van der Waals surface area contributed by atoms with Crippen LogP contribution in [0.1, 0.15) is 17.2 Å². The Morgan fingerprint density at radius 3 is 2.41 bits per heavy atom. The van der Waals surface area contributed by atoms with Gasteiger partial charge < -0.3 is 19.5 Å². The zero-order chi connectivity index (χ0) is 20.8. The summed E-state index contributed by atoms with van der Waals surface area (Å²) in [6.45, 7) is -0.0520. The van der Waals surface area contributed by atoms with Gasteiger partial charge in [0.15, 0.2) is 12.7 Å². The molecule has 1 N–H and O–H groups in total. The number of nitrogens with zero attached hydrogens (tertiary/aromatic N) is 1. The first kappa shape index (κ1) is 20.4. The smallest absolute Gasteiger partial charge is 0.340 e. The summed E-state index contributed by atoms with van der Waals surface area (Å²) in [5.41, 5.74) is 1.38. The molecule has 6 nitrogen and oxygen atoms in total. The average molecular weight is 393 g/mol. The number of benzene rings is 3. The first-order valence-corrected chi connectivity index (χ1v) is 9.18. The van der Waals surface area contributed by atoms with Crippen LogP contribution in [0.4, 0.5) is 0 Å². The molecule has 0 unspecified atom stereocenters. The first-order valence-electron chi connectivity index (χ1n) is 9.18. The van der Waals surface area contributed by atoms with Crippen LogP contribution in [0.3, 0.4) is 0 Å². The van der Waals surface area contributed by atoms with Crippen LogP contribution in [-0.4, -0.2) is 42.6 Å². The van der Waals surface area contributed by atoms with Crippen molar-refractivity contribution in [3.05, 3.63) is 77.9 Å². The van der Waals surface area contributed by atoms with E-state index < -0.39 is 18.7 Å². The molecule has 0 aromatic heterocycles. The minimum absolute atomic E-state index is 0.353. The number of fused-ring (bicyclic) bond motifs is 1. The molecular formula is C23H23NO5. The number of amides is 1. The average Bonchev–Trinajstić information content (AvgIpc) is 2.76. The lowest BCUT2D eigenvalue weighted by Crippen LogP contribution is -2.31. The van der Waals surface area contributed by atoms with Gasteiger partial charge in [-0.1, -0.05) is 48.5 Å². The Morgan fingerprint density at radius 2 is 1.69 bits per heavy atom. The highest BCUT2D eigenvalue weighted by Crippen LogP contribution is 2.22. The van der Waals surface area contributed by atoms with E-state index in [1.807, 2.05) is 36.4 Å². The maximum Gasteiger partial charge on any atom is 0.340 e. The molecule has 29 heavy (non-hydrogen) atoms. The van der Waals surface area contributed by atoms with Gasteiger partial charge in [-0.2, -0.15) is 0 Å². The maximum atomic E-state index is 12.3. The predicted molar refractivity (Wildman–Crippen MR) is 109 cm³/mol. The van der Waals surface area contributed by atoms with Gasteiger partial charge in [-0.25, -0.2) is 4.79 Å². The number of esters is 1. The van der Waals surface area contributed by atoms with Gasteiger partial charge in [0, 0.05) is 13.6 Å². The summed E-state index contributed by atoms with van der Waals surface area (Å²) in [5, 5.41) is 12.1. The van der Waals surface area contributed by atoms with Crippen molar-refractivity contribution in [2.24, 2.45) is 0 Å². The topological polar surface area (TPSA) is 76.1 Å². The van der Waals surface area contributed by atoms with Gasteiger partial charge in [0.25, 0.3) is 5.91 Å². The van der Waals surface area contributed by atoms with E-state index in [0.717, 1.165) is 22.1 Å². The summed E-state index contributed by atoms with van der Waals surface area (Å²) < 4.78 is 10.2. The monoisotopic (exact) mass is 393 g/mol. The number of aliphatic hydroxyl groups excluding tert-OH is 1. The SMILES string of the molecule is COc1ccc2cc(CN(C)C(=O)COC(=O)[C@H](O)c3ccccc3)ccc2c1. The molecule has 0 fully saturated rings. The largest absolute Gasteiger partial charge is 0.497 e. The molecule has 0 saturated carbocycles. The minimum atomic E-state index is -1.41. The fourth-order valence-corrected chi connectivity index (χ4v) is 2.95. The van der Waals surface area contributed by atoms with Crippen LogP contribution in [-0.2, 0) is 20.9 Å². The van der Waals surface area contributed by atoms with Crippen molar-refractivity contribution in [2.75, 3.05) is 20.8 Å². The molecule has 0 aliphatic heterocycles. The van der Waals surface area contributed by atoms with Crippen LogP contribution in [0.5, 0.6) is 5.75 Å². The third-order valence-electron chi connectivity index (χ3n) is 4.63. The third-order valence-corrected chi connectivity index (χ3v) is 4.63. The Bertz CT molecular complexity index is 1000. The second kappa shape index (κ2) is 9.21. The summed E-state index contributed by atoms with van der Waals surface area (Å²) in [6.07, 6.45) is -1.41. The lowest BCUT2D eigenvalue weighted by atomic mass is 10.1. The molecule has 0 aliphatic rings. The van der Waals surface area contributed by atoms with E-state index in [1.54, 1.807) is 44.5 Å². The summed E-state index contributed by atoms with van der Waals surface area (Å²) >= 11 is 0. The number of hydrogen-bond acceptors (Lipinski definition) is 5. The van der Waals surface area contributed by atoms with Crippen molar-refractivity contribution in [3.63, 3.8) is 0 Å². The number of likely N-dealkylation sites (N-methyl/N-ethyl adjacent to an activating group) is 1. The number of carbonyl (C=O) groups excluding carboxylic acids is 2. The Labute approximate surface area is 169 Å². The van der Waals surface area contributed by atoms with Crippen molar-refractivity contribution in [2.45, 2.75) is 12.6 Å².